The van der Waals surface area contributed by atoms with Gasteiger partial charge in [-0.3, -0.25) is 5.10 Å². The number of anilines is 1. The van der Waals surface area contributed by atoms with Gasteiger partial charge in [0.25, 0.3) is 0 Å². The van der Waals surface area contributed by atoms with Crippen LogP contribution in [0.15, 0.2) is 0 Å². The summed E-state index contributed by atoms with van der Waals surface area (Å²) in [6.07, 6.45) is 0.985. The van der Waals surface area contributed by atoms with Crippen molar-refractivity contribution in [3.8, 4) is 0 Å². The van der Waals surface area contributed by atoms with Crippen molar-refractivity contribution in [3.05, 3.63) is 3.95 Å². The van der Waals surface area contributed by atoms with Gasteiger partial charge in [0, 0.05) is 19.8 Å². The summed E-state index contributed by atoms with van der Waals surface area (Å²) in [6, 6.07) is 0. The Hall–Kier alpha value is -0.460. The van der Waals surface area contributed by atoms with E-state index in [1.807, 2.05) is 0 Å². The number of H-pyrrole nitrogens is 1. The summed E-state index contributed by atoms with van der Waals surface area (Å²) in [5, 5.41) is 10.8. The standard InChI is InChI=1S/C9H17N3OS2/c1-7(2)6-13-5-3-4-10-8-11-12-9(14)15-8/h7H,3-6H2,1-2H3,(H,10,11)(H,12,14). The van der Waals surface area contributed by atoms with E-state index in [2.05, 4.69) is 29.4 Å². The Bertz CT molecular complexity index is 321. The molecule has 0 atom stereocenters. The van der Waals surface area contributed by atoms with Crippen LogP contribution in [0.5, 0.6) is 0 Å². The number of rotatable bonds is 7. The van der Waals surface area contributed by atoms with E-state index in [-0.39, 0.29) is 0 Å². The maximum atomic E-state index is 5.45. The van der Waals surface area contributed by atoms with Crippen LogP contribution in [0.2, 0.25) is 0 Å². The number of hydrogen-bond donors (Lipinski definition) is 2. The Morgan fingerprint density at radius 1 is 1.60 bits per heavy atom. The van der Waals surface area contributed by atoms with Crippen LogP contribution in [0.1, 0.15) is 20.3 Å². The van der Waals surface area contributed by atoms with Crippen LogP contribution in [-0.2, 0) is 4.74 Å². The van der Waals surface area contributed by atoms with Crippen LogP contribution in [-0.4, -0.2) is 30.0 Å². The zero-order valence-electron chi connectivity index (χ0n) is 9.08. The maximum Gasteiger partial charge on any atom is 0.204 e. The Morgan fingerprint density at radius 2 is 2.40 bits per heavy atom. The molecular weight excluding hydrogens is 230 g/mol. The fraction of sp³-hybridized carbons (Fsp3) is 0.778. The van der Waals surface area contributed by atoms with Crippen molar-refractivity contribution in [2.75, 3.05) is 25.1 Å². The second kappa shape index (κ2) is 6.92. The van der Waals surface area contributed by atoms with E-state index in [1.54, 1.807) is 0 Å². The quantitative estimate of drug-likeness (QED) is 0.574. The van der Waals surface area contributed by atoms with Crippen LogP contribution in [0.4, 0.5) is 5.13 Å². The lowest BCUT2D eigenvalue weighted by atomic mass is 10.2. The molecule has 0 spiro atoms. The van der Waals surface area contributed by atoms with E-state index in [0.717, 1.165) is 31.3 Å². The molecule has 0 radical (unpaired) electrons. The molecule has 1 aromatic rings. The molecule has 2 N–H and O–H groups in total. The van der Waals surface area contributed by atoms with Gasteiger partial charge in [-0.25, -0.2) is 0 Å². The summed E-state index contributed by atoms with van der Waals surface area (Å²) in [5.74, 6) is 0.606. The van der Waals surface area contributed by atoms with Crippen molar-refractivity contribution in [3.63, 3.8) is 0 Å². The molecule has 4 nitrogen and oxygen atoms in total. The first-order valence-corrected chi connectivity index (χ1v) is 6.28. The number of nitrogens with one attached hydrogen (secondary N) is 2. The third-order valence-electron chi connectivity index (χ3n) is 1.63. The van der Waals surface area contributed by atoms with Crippen LogP contribution in [0.25, 0.3) is 0 Å². The molecule has 0 saturated heterocycles. The molecule has 0 aliphatic heterocycles. The number of ether oxygens (including phenoxy) is 1. The van der Waals surface area contributed by atoms with Crippen molar-refractivity contribution in [2.45, 2.75) is 20.3 Å². The normalized spacial score (nSPS) is 10.9. The lowest BCUT2D eigenvalue weighted by Gasteiger charge is -2.06. The summed E-state index contributed by atoms with van der Waals surface area (Å²) >= 11 is 6.37. The maximum absolute atomic E-state index is 5.45. The molecule has 0 aliphatic carbocycles. The minimum Gasteiger partial charge on any atom is -0.381 e. The highest BCUT2D eigenvalue weighted by Crippen LogP contribution is 2.10. The minimum atomic E-state index is 0.606. The number of hydrogen-bond acceptors (Lipinski definition) is 5. The van der Waals surface area contributed by atoms with Crippen molar-refractivity contribution in [1.82, 2.24) is 10.2 Å². The molecule has 6 heteroatoms. The Labute approximate surface area is 99.1 Å². The Morgan fingerprint density at radius 3 is 3.00 bits per heavy atom. The topological polar surface area (TPSA) is 49.9 Å². The number of nitrogens with zero attached hydrogens (tertiary/aromatic N) is 1. The molecule has 0 unspecified atom stereocenters. The zero-order chi connectivity index (χ0) is 11.1. The van der Waals surface area contributed by atoms with E-state index < -0.39 is 0 Å². The van der Waals surface area contributed by atoms with E-state index in [9.17, 15) is 0 Å². The van der Waals surface area contributed by atoms with Gasteiger partial charge < -0.3 is 10.1 Å². The van der Waals surface area contributed by atoms with Gasteiger partial charge >= 0.3 is 0 Å². The van der Waals surface area contributed by atoms with Gasteiger partial charge in [-0.1, -0.05) is 25.2 Å². The van der Waals surface area contributed by atoms with E-state index in [0.29, 0.717) is 9.87 Å². The predicted octanol–water partition coefficient (Wildman–Crippen LogP) is 2.68. The van der Waals surface area contributed by atoms with Crippen LogP contribution < -0.4 is 5.32 Å². The molecule has 1 aromatic heterocycles. The molecule has 0 amide bonds. The van der Waals surface area contributed by atoms with Crippen molar-refractivity contribution in [2.24, 2.45) is 5.92 Å². The largest absolute Gasteiger partial charge is 0.381 e. The Kier molecular flexibility index (Phi) is 5.82. The van der Waals surface area contributed by atoms with Crippen molar-refractivity contribution >= 4 is 28.7 Å². The van der Waals surface area contributed by atoms with Crippen LogP contribution in [0.3, 0.4) is 0 Å². The SMILES string of the molecule is CC(C)COCCCNc1n[nH]c(=S)s1. The third kappa shape index (κ3) is 5.86. The van der Waals surface area contributed by atoms with Gasteiger partial charge in [0.2, 0.25) is 5.13 Å². The van der Waals surface area contributed by atoms with Gasteiger partial charge in [0.15, 0.2) is 3.95 Å². The zero-order valence-corrected chi connectivity index (χ0v) is 10.7. The molecule has 0 saturated carbocycles. The monoisotopic (exact) mass is 247 g/mol. The summed E-state index contributed by atoms with van der Waals surface area (Å²) in [5.41, 5.74) is 0. The van der Waals surface area contributed by atoms with Gasteiger partial charge in [-0.05, 0) is 24.6 Å². The van der Waals surface area contributed by atoms with Crippen molar-refractivity contribution < 1.29 is 4.74 Å². The smallest absolute Gasteiger partial charge is 0.204 e. The first-order chi connectivity index (χ1) is 7.18. The lowest BCUT2D eigenvalue weighted by molar-refractivity contribution is 0.110. The highest BCUT2D eigenvalue weighted by atomic mass is 32.1. The number of aromatic nitrogens is 2. The second-order valence-electron chi connectivity index (χ2n) is 3.67. The Balaban J connectivity index is 2.00. The average Bonchev–Trinajstić information content (AvgIpc) is 2.57. The van der Waals surface area contributed by atoms with E-state index in [4.69, 9.17) is 17.0 Å². The lowest BCUT2D eigenvalue weighted by Crippen LogP contribution is -2.08. The number of aromatic amines is 1. The fourth-order valence-electron chi connectivity index (χ4n) is 0.994. The van der Waals surface area contributed by atoms with Crippen molar-refractivity contribution in [1.29, 1.82) is 0 Å². The van der Waals surface area contributed by atoms with Gasteiger partial charge in [-0.2, -0.15) is 0 Å². The third-order valence-corrected chi connectivity index (χ3v) is 2.68. The average molecular weight is 247 g/mol. The van der Waals surface area contributed by atoms with Gasteiger partial charge in [0.05, 0.1) is 0 Å². The highest BCUT2D eigenvalue weighted by molar-refractivity contribution is 7.73. The summed E-state index contributed by atoms with van der Waals surface area (Å²) in [6.45, 7) is 6.79. The molecule has 0 bridgehead atoms. The molecule has 0 aliphatic rings. The molecule has 86 valence electrons. The summed E-state index contributed by atoms with van der Waals surface area (Å²) in [7, 11) is 0. The molecule has 0 fully saturated rings. The predicted molar refractivity (Wildman–Crippen MR) is 66.1 cm³/mol. The van der Waals surface area contributed by atoms with Crippen LogP contribution >= 0.6 is 23.6 Å². The van der Waals surface area contributed by atoms with Crippen LogP contribution in [0, 0.1) is 9.87 Å². The van der Waals surface area contributed by atoms with Gasteiger partial charge in [-0.15, -0.1) is 5.10 Å². The van der Waals surface area contributed by atoms with Gasteiger partial charge in [0.1, 0.15) is 0 Å². The fourth-order valence-corrected chi connectivity index (χ4v) is 1.81. The van der Waals surface area contributed by atoms with E-state index in [1.165, 1.54) is 11.3 Å². The summed E-state index contributed by atoms with van der Waals surface area (Å²) < 4.78 is 6.16. The first kappa shape index (κ1) is 12.6. The first-order valence-electron chi connectivity index (χ1n) is 5.05. The van der Waals surface area contributed by atoms with E-state index >= 15 is 0 Å². The molecule has 1 heterocycles. The second-order valence-corrected chi connectivity index (χ2v) is 5.33. The summed E-state index contributed by atoms with van der Waals surface area (Å²) in [4.78, 5) is 0. The highest BCUT2D eigenvalue weighted by Gasteiger charge is 1.96. The molecule has 15 heavy (non-hydrogen) atoms. The molecule has 0 aromatic carbocycles. The molecular formula is C9H17N3OS2. The minimum absolute atomic E-state index is 0.606. The molecule has 1 rings (SSSR count).